The predicted molar refractivity (Wildman–Crippen MR) is 110 cm³/mol. The van der Waals surface area contributed by atoms with Crippen molar-refractivity contribution >= 4 is 11.6 Å². The van der Waals surface area contributed by atoms with Crippen LogP contribution in [0.1, 0.15) is 41.4 Å². The zero-order valence-corrected chi connectivity index (χ0v) is 16.3. The van der Waals surface area contributed by atoms with Gasteiger partial charge < -0.3 is 5.32 Å². The van der Waals surface area contributed by atoms with Gasteiger partial charge in [-0.1, -0.05) is 56.3 Å². The van der Waals surface area contributed by atoms with E-state index in [1.165, 1.54) is 12.1 Å². The Balaban J connectivity index is 1.67. The normalized spacial score (nSPS) is 11.2. The van der Waals surface area contributed by atoms with Crippen LogP contribution in [-0.4, -0.2) is 20.5 Å². The first-order chi connectivity index (χ1) is 14.0. The maximum absolute atomic E-state index is 13.1. The highest BCUT2D eigenvalue weighted by Crippen LogP contribution is 2.24. The molecule has 6 heteroatoms. The van der Waals surface area contributed by atoms with Crippen molar-refractivity contribution in [2.24, 2.45) is 0 Å². The van der Waals surface area contributed by atoms with Crippen LogP contribution in [0.15, 0.2) is 66.9 Å². The minimum absolute atomic E-state index is 0.0654. The van der Waals surface area contributed by atoms with Crippen LogP contribution in [0.25, 0.3) is 16.9 Å². The molecular formula is C23H21FN4O. The van der Waals surface area contributed by atoms with Crippen LogP contribution in [0.2, 0.25) is 0 Å². The smallest absolute Gasteiger partial charge is 0.254 e. The number of halogens is 1. The van der Waals surface area contributed by atoms with Crippen molar-refractivity contribution in [3.05, 3.63) is 89.5 Å². The third kappa shape index (κ3) is 3.87. The van der Waals surface area contributed by atoms with Crippen LogP contribution < -0.4 is 5.32 Å². The molecule has 0 bridgehead atoms. The number of benzene rings is 2. The molecule has 146 valence electrons. The average molecular weight is 388 g/mol. The molecule has 4 rings (SSSR count). The highest BCUT2D eigenvalue weighted by Gasteiger charge is 2.20. The predicted octanol–water partition coefficient (Wildman–Crippen LogP) is 4.59. The molecule has 2 aromatic heterocycles. The van der Waals surface area contributed by atoms with Crippen LogP contribution in [0.5, 0.6) is 0 Å². The Bertz CT molecular complexity index is 1150. The van der Waals surface area contributed by atoms with E-state index in [9.17, 15) is 9.18 Å². The molecule has 0 spiro atoms. The third-order valence-electron chi connectivity index (χ3n) is 4.75. The second-order valence-electron chi connectivity index (χ2n) is 7.19. The Labute approximate surface area is 168 Å². The molecule has 0 atom stereocenters. The number of fused-ring (bicyclic) bond motifs is 1. The molecule has 2 heterocycles. The van der Waals surface area contributed by atoms with E-state index in [-0.39, 0.29) is 17.6 Å². The summed E-state index contributed by atoms with van der Waals surface area (Å²) in [6, 6.07) is 17.9. The Morgan fingerprint density at radius 1 is 1.10 bits per heavy atom. The maximum Gasteiger partial charge on any atom is 0.254 e. The van der Waals surface area contributed by atoms with Gasteiger partial charge in [0, 0.05) is 24.4 Å². The Hall–Kier alpha value is -3.54. The van der Waals surface area contributed by atoms with Gasteiger partial charge in [0.25, 0.3) is 5.91 Å². The fraction of sp³-hybridized carbons (Fsp3) is 0.174. The summed E-state index contributed by atoms with van der Waals surface area (Å²) in [5, 5.41) is 7.60. The number of carbonyl (C=O) groups excluding carboxylic acids is 1. The molecule has 29 heavy (non-hydrogen) atoms. The van der Waals surface area contributed by atoms with Gasteiger partial charge in [-0.05, 0) is 23.6 Å². The van der Waals surface area contributed by atoms with Gasteiger partial charge in [0.1, 0.15) is 5.82 Å². The monoisotopic (exact) mass is 388 g/mol. The van der Waals surface area contributed by atoms with Gasteiger partial charge in [0.2, 0.25) is 0 Å². The lowest BCUT2D eigenvalue weighted by molar-refractivity contribution is 0.0948. The lowest BCUT2D eigenvalue weighted by Crippen LogP contribution is -2.26. The molecule has 5 nitrogen and oxygen atoms in total. The van der Waals surface area contributed by atoms with E-state index in [0.29, 0.717) is 17.8 Å². The van der Waals surface area contributed by atoms with Gasteiger partial charge in [-0.2, -0.15) is 5.10 Å². The molecule has 0 saturated carbocycles. The summed E-state index contributed by atoms with van der Waals surface area (Å²) in [4.78, 5) is 17.3. The first-order valence-corrected chi connectivity index (χ1v) is 9.49. The molecule has 0 aliphatic heterocycles. The molecule has 0 unspecified atom stereocenters. The lowest BCUT2D eigenvalue weighted by Gasteiger charge is -2.14. The Morgan fingerprint density at radius 2 is 1.83 bits per heavy atom. The molecular weight excluding hydrogens is 367 g/mol. The van der Waals surface area contributed by atoms with E-state index >= 15 is 0 Å². The zero-order valence-electron chi connectivity index (χ0n) is 16.3. The van der Waals surface area contributed by atoms with E-state index in [4.69, 9.17) is 5.10 Å². The molecule has 0 aliphatic carbocycles. The number of hydrogen-bond acceptors (Lipinski definition) is 3. The highest BCUT2D eigenvalue weighted by atomic mass is 19.1. The topological polar surface area (TPSA) is 59.3 Å². The average Bonchev–Trinajstić information content (AvgIpc) is 3.17. The van der Waals surface area contributed by atoms with Crippen molar-refractivity contribution in [2.45, 2.75) is 26.3 Å². The van der Waals surface area contributed by atoms with Crippen molar-refractivity contribution in [1.29, 1.82) is 0 Å². The first-order valence-electron chi connectivity index (χ1n) is 9.49. The summed E-state index contributed by atoms with van der Waals surface area (Å²) < 4.78 is 14.8. The van der Waals surface area contributed by atoms with Crippen LogP contribution >= 0.6 is 0 Å². The number of aromatic nitrogens is 3. The summed E-state index contributed by atoms with van der Waals surface area (Å²) >= 11 is 0. The van der Waals surface area contributed by atoms with E-state index in [0.717, 1.165) is 22.5 Å². The van der Waals surface area contributed by atoms with Crippen molar-refractivity contribution < 1.29 is 9.18 Å². The van der Waals surface area contributed by atoms with Crippen molar-refractivity contribution in [1.82, 2.24) is 19.9 Å². The minimum Gasteiger partial charge on any atom is -0.348 e. The third-order valence-corrected chi connectivity index (χ3v) is 4.75. The van der Waals surface area contributed by atoms with Crippen LogP contribution in [0.3, 0.4) is 0 Å². The van der Waals surface area contributed by atoms with Crippen molar-refractivity contribution in [2.75, 3.05) is 0 Å². The summed E-state index contributed by atoms with van der Waals surface area (Å²) in [6.45, 7) is 4.36. The van der Waals surface area contributed by atoms with Crippen molar-refractivity contribution in [3.8, 4) is 11.3 Å². The molecule has 2 aromatic carbocycles. The maximum atomic E-state index is 13.1. The van der Waals surface area contributed by atoms with Gasteiger partial charge >= 0.3 is 0 Å². The molecule has 0 radical (unpaired) electrons. The highest BCUT2D eigenvalue weighted by molar-refractivity contribution is 5.95. The first kappa shape index (κ1) is 18.8. The largest absolute Gasteiger partial charge is 0.348 e. The number of hydrogen-bond donors (Lipinski definition) is 1. The Kier molecular flexibility index (Phi) is 5.08. The second-order valence-corrected chi connectivity index (χ2v) is 7.19. The fourth-order valence-corrected chi connectivity index (χ4v) is 3.31. The van der Waals surface area contributed by atoms with E-state index < -0.39 is 0 Å². The molecule has 4 aromatic rings. The summed E-state index contributed by atoms with van der Waals surface area (Å²) in [7, 11) is 0. The van der Waals surface area contributed by atoms with Gasteiger partial charge in [-0.25, -0.2) is 13.9 Å². The molecule has 0 aliphatic rings. The molecule has 0 fully saturated rings. The second kappa shape index (κ2) is 7.83. The van der Waals surface area contributed by atoms with Gasteiger partial charge in [-0.15, -0.1) is 0 Å². The standard InChI is InChI=1S/C23H21FN4O/c1-15(2)22-19(23(29)26-13-16-8-10-18(24)11-9-16)14-25-21-12-20(27-28(21)22)17-6-4-3-5-7-17/h3-12,14-15H,13H2,1-2H3,(H,26,29). The zero-order chi connectivity index (χ0) is 20.4. The number of carbonyl (C=O) groups is 1. The van der Waals surface area contributed by atoms with Crippen molar-refractivity contribution in [3.63, 3.8) is 0 Å². The SMILES string of the molecule is CC(C)c1c(C(=O)NCc2ccc(F)cc2)cnc2cc(-c3ccccc3)nn12. The van der Waals surface area contributed by atoms with Gasteiger partial charge in [-0.3, -0.25) is 4.79 Å². The van der Waals surface area contributed by atoms with E-state index in [1.807, 2.05) is 50.2 Å². The molecule has 0 saturated heterocycles. The summed E-state index contributed by atoms with van der Waals surface area (Å²) in [5.74, 6) is -0.468. The lowest BCUT2D eigenvalue weighted by atomic mass is 10.0. The summed E-state index contributed by atoms with van der Waals surface area (Å²) in [5.41, 5.74) is 4.61. The number of rotatable bonds is 5. The van der Waals surface area contributed by atoms with Gasteiger partial charge in [0.05, 0.1) is 17.0 Å². The van der Waals surface area contributed by atoms with Crippen LogP contribution in [0, 0.1) is 5.82 Å². The quantitative estimate of drug-likeness (QED) is 0.544. The Morgan fingerprint density at radius 3 is 2.52 bits per heavy atom. The number of nitrogens with one attached hydrogen (secondary N) is 1. The summed E-state index contributed by atoms with van der Waals surface area (Å²) in [6.07, 6.45) is 1.60. The van der Waals surface area contributed by atoms with E-state index in [2.05, 4.69) is 10.3 Å². The van der Waals surface area contributed by atoms with E-state index in [1.54, 1.807) is 22.8 Å². The van der Waals surface area contributed by atoms with Crippen LogP contribution in [0.4, 0.5) is 4.39 Å². The van der Waals surface area contributed by atoms with Crippen LogP contribution in [-0.2, 0) is 6.54 Å². The van der Waals surface area contributed by atoms with Gasteiger partial charge in [0.15, 0.2) is 5.65 Å². The number of amides is 1. The molecule has 1 N–H and O–H groups in total. The number of nitrogens with zero attached hydrogens (tertiary/aromatic N) is 3. The molecule has 1 amide bonds. The fourth-order valence-electron chi connectivity index (χ4n) is 3.31. The minimum atomic E-state index is -0.301.